The molecule has 1 heterocycles. The number of aliphatic hydroxyl groups is 1. The quantitative estimate of drug-likeness (QED) is 0.335. The zero-order valence-electron chi connectivity index (χ0n) is 18.1. The maximum absolute atomic E-state index is 13.5. The molecule has 0 saturated carbocycles. The third-order valence-corrected chi connectivity index (χ3v) is 5.49. The highest BCUT2D eigenvalue weighted by Gasteiger charge is 2.51. The average molecular weight is 513 g/mol. The first-order chi connectivity index (χ1) is 17.0. The van der Waals surface area contributed by atoms with Gasteiger partial charge in [0.1, 0.15) is 18.1 Å². The fraction of sp³-hybridized carbons (Fsp3) is 0.333. The van der Waals surface area contributed by atoms with Crippen LogP contribution in [0, 0.1) is 11.8 Å². The van der Waals surface area contributed by atoms with E-state index in [0.29, 0.717) is 6.08 Å². The lowest BCUT2D eigenvalue weighted by Crippen LogP contribution is -2.54. The van der Waals surface area contributed by atoms with Crippen molar-refractivity contribution < 1.29 is 57.1 Å². The highest BCUT2D eigenvalue weighted by Crippen LogP contribution is 2.44. The van der Waals surface area contributed by atoms with Gasteiger partial charge in [-0.3, -0.25) is 14.5 Å². The van der Waals surface area contributed by atoms with Crippen molar-refractivity contribution in [1.29, 1.82) is 0 Å². The molecule has 1 saturated heterocycles. The minimum atomic E-state index is -5.42. The Morgan fingerprint density at radius 3 is 2.64 bits per heavy atom. The first-order valence-corrected chi connectivity index (χ1v) is 10.4. The van der Waals surface area contributed by atoms with E-state index in [2.05, 4.69) is 25.4 Å². The first kappa shape index (κ1) is 25.2. The van der Waals surface area contributed by atoms with Crippen LogP contribution in [0.5, 0.6) is 5.75 Å². The number of allylic oxidation sites excluding steroid dienone is 3. The molecule has 2 atom stereocenters. The fourth-order valence-corrected chi connectivity index (χ4v) is 3.95. The molecular weight excluding hydrogens is 495 g/mol. The van der Waals surface area contributed by atoms with E-state index >= 15 is 0 Å². The predicted molar refractivity (Wildman–Crippen MR) is 108 cm³/mol. The molecule has 12 nitrogen and oxygen atoms in total. The maximum Gasteiger partial charge on any atom is 0.491 e. The van der Waals surface area contributed by atoms with Gasteiger partial charge in [-0.15, -0.1) is 0 Å². The number of aromatic hydroxyl groups is 1. The van der Waals surface area contributed by atoms with Gasteiger partial charge in [0.15, 0.2) is 17.3 Å². The number of alkyl halides is 3. The number of carbonyl (C=O) groups excluding carboxylic acids is 4. The normalized spacial score (nSPS) is 23.4. The number of ether oxygens (including phenoxy) is 1. The SMILES string of the molecule is O=C1CNN(NC2=C(OC(=O)C(F)(F)F)C=C(O)C3C(=O)c4cccc(O)c4C(=O)C23)CCCOO1. The lowest BCUT2D eigenvalue weighted by Gasteiger charge is -2.37. The summed E-state index contributed by atoms with van der Waals surface area (Å²) in [6.07, 6.45) is -4.59. The molecule has 2 unspecified atom stereocenters. The van der Waals surface area contributed by atoms with Crippen LogP contribution < -0.4 is 10.9 Å². The van der Waals surface area contributed by atoms with Crippen molar-refractivity contribution in [3.63, 3.8) is 0 Å². The van der Waals surface area contributed by atoms with Gasteiger partial charge in [0.25, 0.3) is 0 Å². The highest BCUT2D eigenvalue weighted by atomic mass is 19.4. The molecular formula is C21H18F3N3O9. The molecule has 3 aliphatic rings. The van der Waals surface area contributed by atoms with Crippen LogP contribution >= 0.6 is 0 Å². The molecule has 0 radical (unpaired) electrons. The van der Waals surface area contributed by atoms with Crippen molar-refractivity contribution in [1.82, 2.24) is 16.0 Å². The van der Waals surface area contributed by atoms with Crippen molar-refractivity contribution in [2.45, 2.75) is 12.6 Å². The number of ketones is 2. The van der Waals surface area contributed by atoms with Gasteiger partial charge in [0.05, 0.1) is 29.7 Å². The van der Waals surface area contributed by atoms with Gasteiger partial charge in [0, 0.05) is 18.2 Å². The standard InChI is InChI=1S/C21H18F3N3O9/c22-21(23,24)20(33)35-12-7-11(29)15-16(19(32)14-9(18(15)31)3-1-4-10(14)28)17(12)26-27-5-2-6-34-36-13(30)8-25-27/h1,3-4,7,15-16,25-26,28-29H,2,5-6,8H2. The average Bonchev–Trinajstić information content (AvgIpc) is 2.90. The van der Waals surface area contributed by atoms with Crippen LogP contribution in [0.1, 0.15) is 27.1 Å². The Kier molecular flexibility index (Phi) is 6.71. The monoisotopic (exact) mass is 513 g/mol. The van der Waals surface area contributed by atoms with Crippen LogP contribution in [0.25, 0.3) is 0 Å². The van der Waals surface area contributed by atoms with Crippen LogP contribution in [0.15, 0.2) is 41.5 Å². The summed E-state index contributed by atoms with van der Waals surface area (Å²) in [6.45, 7) is -0.493. The van der Waals surface area contributed by atoms with Gasteiger partial charge in [-0.05, 0) is 12.5 Å². The fourth-order valence-electron chi connectivity index (χ4n) is 3.95. The van der Waals surface area contributed by atoms with E-state index in [1.807, 2.05) is 0 Å². The molecule has 4 rings (SSSR count). The molecule has 0 bridgehead atoms. The Morgan fingerprint density at radius 2 is 1.92 bits per heavy atom. The molecule has 1 aromatic carbocycles. The lowest BCUT2D eigenvalue weighted by molar-refractivity contribution is -0.270. The smallest absolute Gasteiger partial charge is 0.491 e. The summed E-state index contributed by atoms with van der Waals surface area (Å²) < 4.78 is 43.3. The number of fused-ring (bicyclic) bond motifs is 2. The largest absolute Gasteiger partial charge is 0.511 e. The number of aliphatic hydroxyl groups excluding tert-OH is 1. The molecule has 1 aliphatic heterocycles. The summed E-state index contributed by atoms with van der Waals surface area (Å²) in [4.78, 5) is 59.0. The molecule has 2 aliphatic carbocycles. The second-order valence-electron chi connectivity index (χ2n) is 7.85. The number of phenols is 1. The number of hydrogen-bond donors (Lipinski definition) is 4. The molecule has 1 aromatic rings. The number of hydrazine groups is 2. The number of nitrogens with one attached hydrogen (secondary N) is 2. The molecule has 0 amide bonds. The van der Waals surface area contributed by atoms with Crippen molar-refractivity contribution >= 4 is 23.5 Å². The van der Waals surface area contributed by atoms with Crippen LogP contribution in [-0.2, 0) is 24.1 Å². The van der Waals surface area contributed by atoms with Crippen molar-refractivity contribution in [2.24, 2.45) is 11.8 Å². The number of esters is 1. The van der Waals surface area contributed by atoms with E-state index in [9.17, 15) is 42.6 Å². The zero-order valence-corrected chi connectivity index (χ0v) is 18.1. The number of Topliss-reactive ketones (excluding diaryl/α,β-unsaturated/α-hetero) is 2. The predicted octanol–water partition coefficient (Wildman–Crippen LogP) is 0.966. The summed E-state index contributed by atoms with van der Waals surface area (Å²) in [5, 5.41) is 21.9. The van der Waals surface area contributed by atoms with Gasteiger partial charge >= 0.3 is 18.1 Å². The Balaban J connectivity index is 1.80. The van der Waals surface area contributed by atoms with E-state index in [4.69, 9.17) is 0 Å². The number of nitrogens with zero attached hydrogens (tertiary/aromatic N) is 1. The van der Waals surface area contributed by atoms with Crippen LogP contribution in [0.4, 0.5) is 13.2 Å². The van der Waals surface area contributed by atoms with Gasteiger partial charge in [-0.1, -0.05) is 12.1 Å². The van der Waals surface area contributed by atoms with Crippen LogP contribution in [0.3, 0.4) is 0 Å². The van der Waals surface area contributed by atoms with Gasteiger partial charge in [-0.25, -0.2) is 15.0 Å². The molecule has 1 fully saturated rings. The second kappa shape index (κ2) is 9.60. The Morgan fingerprint density at radius 1 is 1.17 bits per heavy atom. The Hall–Kier alpha value is -3.95. The molecule has 0 spiro atoms. The van der Waals surface area contributed by atoms with E-state index < -0.39 is 76.6 Å². The topological polar surface area (TPSA) is 164 Å². The number of hydrogen-bond acceptors (Lipinski definition) is 12. The summed E-state index contributed by atoms with van der Waals surface area (Å²) >= 11 is 0. The minimum absolute atomic E-state index is 0.0255. The first-order valence-electron chi connectivity index (χ1n) is 10.4. The summed E-state index contributed by atoms with van der Waals surface area (Å²) in [5.41, 5.74) is 4.05. The second-order valence-corrected chi connectivity index (χ2v) is 7.85. The molecule has 36 heavy (non-hydrogen) atoms. The van der Waals surface area contributed by atoms with E-state index in [1.54, 1.807) is 0 Å². The molecule has 0 aromatic heterocycles. The van der Waals surface area contributed by atoms with Gasteiger partial charge < -0.3 is 20.4 Å². The van der Waals surface area contributed by atoms with Gasteiger partial charge in [0.2, 0.25) is 0 Å². The van der Waals surface area contributed by atoms with Gasteiger partial charge in [-0.2, -0.15) is 23.2 Å². The number of benzene rings is 1. The molecule has 4 N–H and O–H groups in total. The summed E-state index contributed by atoms with van der Waals surface area (Å²) in [7, 11) is 0. The minimum Gasteiger partial charge on any atom is -0.511 e. The molecule has 15 heteroatoms. The number of carbonyl (C=O) groups is 4. The maximum atomic E-state index is 13.5. The summed E-state index contributed by atoms with van der Waals surface area (Å²) in [6, 6.07) is 3.70. The van der Waals surface area contributed by atoms with E-state index in [0.717, 1.165) is 11.2 Å². The summed E-state index contributed by atoms with van der Waals surface area (Å²) in [5.74, 6) is -10.8. The number of halogens is 3. The highest BCUT2D eigenvalue weighted by molar-refractivity contribution is 6.19. The molecule has 192 valence electrons. The van der Waals surface area contributed by atoms with Crippen LogP contribution in [0.2, 0.25) is 0 Å². The number of phenolic OH excluding ortho intramolecular Hbond substituents is 1. The Bertz CT molecular complexity index is 1190. The lowest BCUT2D eigenvalue weighted by atomic mass is 9.69. The zero-order chi connectivity index (χ0) is 26.2. The van der Waals surface area contributed by atoms with Crippen molar-refractivity contribution in [2.75, 3.05) is 19.7 Å². The third-order valence-electron chi connectivity index (χ3n) is 5.49. The third kappa shape index (κ3) is 4.75. The number of rotatable bonds is 3. The van der Waals surface area contributed by atoms with Crippen molar-refractivity contribution in [3.05, 3.63) is 52.6 Å². The van der Waals surface area contributed by atoms with Crippen molar-refractivity contribution in [3.8, 4) is 5.75 Å². The van der Waals surface area contributed by atoms with E-state index in [-0.39, 0.29) is 25.1 Å². The van der Waals surface area contributed by atoms with Crippen LogP contribution in [-0.4, -0.2) is 64.7 Å². The Labute approximate surface area is 199 Å². The van der Waals surface area contributed by atoms with E-state index in [1.165, 1.54) is 12.1 Å².